The lowest BCUT2D eigenvalue weighted by Gasteiger charge is -2.30. The fourth-order valence-corrected chi connectivity index (χ4v) is 3.25. The predicted molar refractivity (Wildman–Crippen MR) is 102 cm³/mol. The number of rotatable bonds is 6. The Bertz CT molecular complexity index is 469. The molecule has 0 fully saturated rings. The number of anilines is 1. The minimum Gasteiger partial charge on any atom is -0.366 e. The molecular formula is C17H28N2OS2. The summed E-state index contributed by atoms with van der Waals surface area (Å²) in [5.41, 5.74) is 6.99. The van der Waals surface area contributed by atoms with E-state index in [1.807, 2.05) is 35.7 Å². The Hall–Kier alpha value is -0.810. The molecule has 1 rings (SSSR count). The molecule has 0 atom stereocenters. The van der Waals surface area contributed by atoms with E-state index in [0.29, 0.717) is 5.56 Å². The number of carbonyl (C=O) groups is 1. The summed E-state index contributed by atoms with van der Waals surface area (Å²) in [4.78, 5) is 13.5. The summed E-state index contributed by atoms with van der Waals surface area (Å²) in [6.45, 7) is 13.4. The Morgan fingerprint density at radius 1 is 0.955 bits per heavy atom. The lowest BCUT2D eigenvalue weighted by atomic mass is 10.2. The van der Waals surface area contributed by atoms with Crippen molar-refractivity contribution >= 4 is 35.1 Å². The smallest absolute Gasteiger partial charge is 0.248 e. The Morgan fingerprint density at radius 2 is 1.36 bits per heavy atom. The first kappa shape index (κ1) is 19.2. The topological polar surface area (TPSA) is 46.3 Å². The quantitative estimate of drug-likeness (QED) is 0.771. The molecule has 5 heteroatoms. The Labute approximate surface area is 143 Å². The third-order valence-corrected chi connectivity index (χ3v) is 5.44. The van der Waals surface area contributed by atoms with Crippen LogP contribution >= 0.6 is 23.5 Å². The van der Waals surface area contributed by atoms with Gasteiger partial charge in [0.15, 0.2) is 0 Å². The minimum atomic E-state index is -0.383. The number of amides is 1. The van der Waals surface area contributed by atoms with Crippen molar-refractivity contribution in [3.05, 3.63) is 29.8 Å². The summed E-state index contributed by atoms with van der Waals surface area (Å²) in [6, 6.07) is 7.56. The number of thioether (sulfide) groups is 2. The van der Waals surface area contributed by atoms with Crippen molar-refractivity contribution in [2.75, 3.05) is 16.7 Å². The van der Waals surface area contributed by atoms with Crippen LogP contribution < -0.4 is 10.6 Å². The molecule has 1 amide bonds. The third kappa shape index (κ3) is 7.45. The van der Waals surface area contributed by atoms with Crippen LogP contribution in [-0.2, 0) is 0 Å². The van der Waals surface area contributed by atoms with Crippen molar-refractivity contribution in [2.45, 2.75) is 51.0 Å². The second kappa shape index (κ2) is 7.64. The second-order valence-electron chi connectivity index (χ2n) is 7.22. The number of hydrogen-bond donors (Lipinski definition) is 1. The first-order valence-corrected chi connectivity index (χ1v) is 9.38. The van der Waals surface area contributed by atoms with Gasteiger partial charge in [-0.25, -0.2) is 0 Å². The van der Waals surface area contributed by atoms with Gasteiger partial charge in [0.2, 0.25) is 5.91 Å². The SMILES string of the molecule is CC(C)(C)SCN(CSC(C)(C)C)c1ccc(C(N)=O)cc1. The van der Waals surface area contributed by atoms with Crippen molar-refractivity contribution in [3.8, 4) is 0 Å². The average Bonchev–Trinajstić information content (AvgIpc) is 2.36. The van der Waals surface area contributed by atoms with E-state index in [0.717, 1.165) is 17.4 Å². The summed E-state index contributed by atoms with van der Waals surface area (Å²) in [5, 5.41) is 0. The molecule has 1 aromatic carbocycles. The van der Waals surface area contributed by atoms with Crippen LogP contribution in [0.1, 0.15) is 51.9 Å². The van der Waals surface area contributed by atoms with Gasteiger partial charge in [0.25, 0.3) is 0 Å². The van der Waals surface area contributed by atoms with Crippen molar-refractivity contribution in [1.29, 1.82) is 0 Å². The molecule has 2 N–H and O–H groups in total. The second-order valence-corrected chi connectivity index (χ2v) is 10.8. The molecular weight excluding hydrogens is 312 g/mol. The summed E-state index contributed by atoms with van der Waals surface area (Å²) < 4.78 is 0.440. The minimum absolute atomic E-state index is 0.220. The molecule has 1 aromatic rings. The van der Waals surface area contributed by atoms with Crippen molar-refractivity contribution < 1.29 is 4.79 Å². The van der Waals surface area contributed by atoms with Crippen LogP contribution in [0.25, 0.3) is 0 Å². The van der Waals surface area contributed by atoms with Gasteiger partial charge in [0.1, 0.15) is 0 Å². The highest BCUT2D eigenvalue weighted by Crippen LogP contribution is 2.31. The highest BCUT2D eigenvalue weighted by atomic mass is 32.2. The highest BCUT2D eigenvalue weighted by molar-refractivity contribution is 8.01. The molecule has 0 saturated carbocycles. The molecule has 3 nitrogen and oxygen atoms in total. The lowest BCUT2D eigenvalue weighted by Crippen LogP contribution is -2.27. The maximum Gasteiger partial charge on any atom is 0.248 e. The van der Waals surface area contributed by atoms with Crippen LogP contribution in [0, 0.1) is 0 Å². The van der Waals surface area contributed by atoms with Gasteiger partial charge < -0.3 is 10.6 Å². The van der Waals surface area contributed by atoms with Crippen molar-refractivity contribution in [3.63, 3.8) is 0 Å². The first-order chi connectivity index (χ1) is 9.98. The summed E-state index contributed by atoms with van der Waals surface area (Å²) >= 11 is 3.84. The van der Waals surface area contributed by atoms with Gasteiger partial charge in [-0.2, -0.15) is 0 Å². The highest BCUT2D eigenvalue weighted by Gasteiger charge is 2.18. The normalized spacial score (nSPS) is 12.3. The average molecular weight is 341 g/mol. The zero-order chi connectivity index (χ0) is 17.0. The zero-order valence-electron chi connectivity index (χ0n) is 14.5. The lowest BCUT2D eigenvalue weighted by molar-refractivity contribution is 0.100. The summed E-state index contributed by atoms with van der Waals surface area (Å²) in [6.07, 6.45) is 0. The molecule has 0 unspecified atom stereocenters. The van der Waals surface area contributed by atoms with E-state index in [1.54, 1.807) is 12.1 Å². The molecule has 0 aliphatic heterocycles. The van der Waals surface area contributed by atoms with Gasteiger partial charge in [0, 0.05) is 20.7 Å². The van der Waals surface area contributed by atoms with Crippen LogP contribution in [-0.4, -0.2) is 27.2 Å². The molecule has 0 aromatic heterocycles. The molecule has 0 aliphatic rings. The Morgan fingerprint density at radius 3 is 1.68 bits per heavy atom. The number of hydrogen-bond acceptors (Lipinski definition) is 4. The number of primary amides is 1. The molecule has 0 heterocycles. The number of nitrogens with two attached hydrogens (primary N) is 1. The molecule has 0 saturated heterocycles. The Balaban J connectivity index is 2.85. The standard InChI is InChI=1S/C17H28N2OS2/c1-16(2,3)21-11-19(12-22-17(4,5)6)14-9-7-13(8-10-14)15(18)20/h7-10H,11-12H2,1-6H3,(H2,18,20). The van der Waals surface area contributed by atoms with E-state index in [9.17, 15) is 4.79 Å². The third-order valence-electron chi connectivity index (χ3n) is 2.82. The molecule has 0 bridgehead atoms. The molecule has 0 spiro atoms. The number of benzene rings is 1. The van der Waals surface area contributed by atoms with E-state index in [-0.39, 0.29) is 15.4 Å². The van der Waals surface area contributed by atoms with Crippen LogP contribution in [0.3, 0.4) is 0 Å². The summed E-state index contributed by atoms with van der Waals surface area (Å²) in [7, 11) is 0. The van der Waals surface area contributed by atoms with E-state index in [1.165, 1.54) is 0 Å². The van der Waals surface area contributed by atoms with Gasteiger partial charge in [-0.05, 0) is 24.3 Å². The molecule has 124 valence electrons. The van der Waals surface area contributed by atoms with Crippen LogP contribution in [0.15, 0.2) is 24.3 Å². The largest absolute Gasteiger partial charge is 0.366 e. The summed E-state index contributed by atoms with van der Waals surface area (Å²) in [5.74, 6) is 1.46. The monoisotopic (exact) mass is 340 g/mol. The van der Waals surface area contributed by atoms with E-state index in [2.05, 4.69) is 46.4 Å². The first-order valence-electron chi connectivity index (χ1n) is 7.41. The van der Waals surface area contributed by atoms with E-state index in [4.69, 9.17) is 5.73 Å². The molecule has 0 radical (unpaired) electrons. The number of nitrogens with zero attached hydrogens (tertiary/aromatic N) is 1. The van der Waals surface area contributed by atoms with Gasteiger partial charge in [-0.1, -0.05) is 41.5 Å². The number of carbonyl (C=O) groups excluding carboxylic acids is 1. The van der Waals surface area contributed by atoms with Crippen LogP contribution in [0.2, 0.25) is 0 Å². The van der Waals surface area contributed by atoms with Crippen LogP contribution in [0.4, 0.5) is 5.69 Å². The predicted octanol–water partition coefficient (Wildman–Crippen LogP) is 4.57. The zero-order valence-corrected chi connectivity index (χ0v) is 16.1. The van der Waals surface area contributed by atoms with Crippen LogP contribution in [0.5, 0.6) is 0 Å². The Kier molecular flexibility index (Phi) is 6.68. The fourth-order valence-electron chi connectivity index (χ4n) is 1.57. The fraction of sp³-hybridized carbons (Fsp3) is 0.588. The maximum atomic E-state index is 11.2. The molecule has 22 heavy (non-hydrogen) atoms. The maximum absolute atomic E-state index is 11.2. The van der Waals surface area contributed by atoms with Gasteiger partial charge >= 0.3 is 0 Å². The van der Waals surface area contributed by atoms with Crippen molar-refractivity contribution in [1.82, 2.24) is 0 Å². The van der Waals surface area contributed by atoms with Gasteiger partial charge in [-0.15, -0.1) is 23.5 Å². The van der Waals surface area contributed by atoms with Gasteiger partial charge in [-0.3, -0.25) is 4.79 Å². The van der Waals surface area contributed by atoms with Crippen molar-refractivity contribution in [2.24, 2.45) is 5.73 Å². The van der Waals surface area contributed by atoms with Gasteiger partial charge in [0.05, 0.1) is 11.8 Å². The molecule has 0 aliphatic carbocycles. The van der Waals surface area contributed by atoms with E-state index >= 15 is 0 Å². The van der Waals surface area contributed by atoms with E-state index < -0.39 is 0 Å².